The third-order valence-electron chi connectivity index (χ3n) is 2.14. The number of aryl methyl sites for hydroxylation is 2. The van der Waals surface area contributed by atoms with Crippen molar-refractivity contribution in [3.05, 3.63) is 24.3 Å². The van der Waals surface area contributed by atoms with E-state index in [1.54, 1.807) is 6.20 Å². The molecular formula is C10H13N5. The first-order valence-electron chi connectivity index (χ1n) is 4.72. The van der Waals surface area contributed by atoms with Crippen LogP contribution in [-0.4, -0.2) is 26.6 Å². The molecule has 0 spiro atoms. The highest BCUT2D eigenvalue weighted by atomic mass is 15.1. The molecule has 2 aromatic rings. The van der Waals surface area contributed by atoms with Crippen LogP contribution in [0.1, 0.15) is 5.82 Å². The van der Waals surface area contributed by atoms with E-state index in [-0.39, 0.29) is 0 Å². The van der Waals surface area contributed by atoms with Crippen molar-refractivity contribution in [3.63, 3.8) is 0 Å². The lowest BCUT2D eigenvalue weighted by molar-refractivity contribution is 0.910. The second kappa shape index (κ2) is 3.68. The van der Waals surface area contributed by atoms with E-state index in [1.807, 2.05) is 37.8 Å². The molecule has 0 saturated carbocycles. The van der Waals surface area contributed by atoms with Gasteiger partial charge in [-0.1, -0.05) is 0 Å². The first kappa shape index (κ1) is 9.64. The van der Waals surface area contributed by atoms with E-state index < -0.39 is 0 Å². The number of rotatable bonds is 2. The Bertz CT molecular complexity index is 474. The SMILES string of the molecule is CNc1cc(-c2nccn2C)nc(C)n1. The molecular weight excluding hydrogens is 190 g/mol. The summed E-state index contributed by atoms with van der Waals surface area (Å²) in [6, 6.07) is 1.88. The molecule has 0 atom stereocenters. The van der Waals surface area contributed by atoms with Crippen molar-refractivity contribution in [3.8, 4) is 11.5 Å². The molecule has 0 unspecified atom stereocenters. The van der Waals surface area contributed by atoms with Crippen molar-refractivity contribution in [1.82, 2.24) is 19.5 Å². The first-order chi connectivity index (χ1) is 7.20. The van der Waals surface area contributed by atoms with E-state index >= 15 is 0 Å². The normalized spacial score (nSPS) is 10.3. The molecule has 78 valence electrons. The van der Waals surface area contributed by atoms with Gasteiger partial charge in [0.15, 0.2) is 5.82 Å². The third-order valence-corrected chi connectivity index (χ3v) is 2.14. The van der Waals surface area contributed by atoms with Gasteiger partial charge in [0, 0.05) is 32.6 Å². The average Bonchev–Trinajstić information content (AvgIpc) is 2.63. The van der Waals surface area contributed by atoms with Crippen LogP contribution in [0.3, 0.4) is 0 Å². The van der Waals surface area contributed by atoms with Crippen LogP contribution < -0.4 is 5.32 Å². The molecule has 0 aliphatic carbocycles. The van der Waals surface area contributed by atoms with Gasteiger partial charge in [0.25, 0.3) is 0 Å². The van der Waals surface area contributed by atoms with Gasteiger partial charge in [0.2, 0.25) is 0 Å². The molecule has 0 aromatic carbocycles. The maximum atomic E-state index is 4.35. The zero-order valence-corrected chi connectivity index (χ0v) is 9.02. The van der Waals surface area contributed by atoms with Crippen molar-refractivity contribution in [2.24, 2.45) is 7.05 Å². The van der Waals surface area contributed by atoms with E-state index in [2.05, 4.69) is 20.3 Å². The highest BCUT2D eigenvalue weighted by Gasteiger charge is 2.07. The number of hydrogen-bond donors (Lipinski definition) is 1. The molecule has 0 fully saturated rings. The fourth-order valence-corrected chi connectivity index (χ4v) is 1.42. The second-order valence-corrected chi connectivity index (χ2v) is 3.30. The molecule has 15 heavy (non-hydrogen) atoms. The second-order valence-electron chi connectivity index (χ2n) is 3.30. The molecule has 0 amide bonds. The Kier molecular flexibility index (Phi) is 2.37. The molecule has 2 aromatic heterocycles. The topological polar surface area (TPSA) is 55.6 Å². The quantitative estimate of drug-likeness (QED) is 0.797. The minimum atomic E-state index is 0.736. The smallest absolute Gasteiger partial charge is 0.158 e. The molecule has 1 N–H and O–H groups in total. The van der Waals surface area contributed by atoms with Gasteiger partial charge < -0.3 is 9.88 Å². The molecule has 0 radical (unpaired) electrons. The molecule has 5 nitrogen and oxygen atoms in total. The highest BCUT2D eigenvalue weighted by Crippen LogP contribution is 2.16. The Morgan fingerprint density at radius 3 is 2.73 bits per heavy atom. The minimum Gasteiger partial charge on any atom is -0.373 e. The predicted molar refractivity (Wildman–Crippen MR) is 58.5 cm³/mol. The predicted octanol–water partition coefficient (Wildman–Crippen LogP) is 1.23. The van der Waals surface area contributed by atoms with Crippen LogP contribution in [-0.2, 0) is 7.05 Å². The molecule has 2 heterocycles. The summed E-state index contributed by atoms with van der Waals surface area (Å²) < 4.78 is 1.93. The van der Waals surface area contributed by atoms with E-state index in [4.69, 9.17) is 0 Å². The Morgan fingerprint density at radius 2 is 2.13 bits per heavy atom. The number of nitrogens with zero attached hydrogens (tertiary/aromatic N) is 4. The number of nitrogens with one attached hydrogen (secondary N) is 1. The van der Waals surface area contributed by atoms with Gasteiger partial charge in [0.1, 0.15) is 17.3 Å². The van der Waals surface area contributed by atoms with Crippen LogP contribution >= 0.6 is 0 Å². The summed E-state index contributed by atoms with van der Waals surface area (Å²) in [6.07, 6.45) is 3.65. The third kappa shape index (κ3) is 1.81. The van der Waals surface area contributed by atoms with Crippen LogP contribution in [0, 0.1) is 6.92 Å². The molecule has 0 aliphatic rings. The Hall–Kier alpha value is -1.91. The van der Waals surface area contributed by atoms with Gasteiger partial charge in [0.05, 0.1) is 0 Å². The fourth-order valence-electron chi connectivity index (χ4n) is 1.42. The number of imidazole rings is 1. The van der Waals surface area contributed by atoms with Crippen LogP contribution in [0.15, 0.2) is 18.5 Å². The summed E-state index contributed by atoms with van der Waals surface area (Å²) in [5, 5.41) is 3.00. The summed E-state index contributed by atoms with van der Waals surface area (Å²) in [7, 11) is 3.78. The van der Waals surface area contributed by atoms with Gasteiger partial charge in [-0.3, -0.25) is 0 Å². The van der Waals surface area contributed by atoms with Gasteiger partial charge in [-0.05, 0) is 6.92 Å². The van der Waals surface area contributed by atoms with E-state index in [0.29, 0.717) is 0 Å². The Morgan fingerprint density at radius 1 is 1.33 bits per heavy atom. The van der Waals surface area contributed by atoms with Crippen LogP contribution in [0.5, 0.6) is 0 Å². The van der Waals surface area contributed by atoms with Crippen molar-refractivity contribution >= 4 is 5.82 Å². The summed E-state index contributed by atoms with van der Waals surface area (Å²) in [4.78, 5) is 12.8. The lowest BCUT2D eigenvalue weighted by Gasteiger charge is -2.05. The maximum absolute atomic E-state index is 4.35. The van der Waals surface area contributed by atoms with Crippen molar-refractivity contribution in [1.29, 1.82) is 0 Å². The van der Waals surface area contributed by atoms with Crippen molar-refractivity contribution < 1.29 is 0 Å². The minimum absolute atomic E-state index is 0.736. The van der Waals surface area contributed by atoms with Crippen molar-refractivity contribution in [2.45, 2.75) is 6.92 Å². The van der Waals surface area contributed by atoms with E-state index in [0.717, 1.165) is 23.2 Å². The summed E-state index contributed by atoms with van der Waals surface area (Å²) in [5.41, 5.74) is 0.833. The summed E-state index contributed by atoms with van der Waals surface area (Å²) in [6.45, 7) is 1.87. The maximum Gasteiger partial charge on any atom is 0.158 e. The number of hydrogen-bond acceptors (Lipinski definition) is 4. The van der Waals surface area contributed by atoms with E-state index in [1.165, 1.54) is 0 Å². The zero-order valence-electron chi connectivity index (χ0n) is 9.02. The largest absolute Gasteiger partial charge is 0.373 e. The Balaban J connectivity index is 2.53. The number of anilines is 1. The van der Waals surface area contributed by atoms with Crippen molar-refractivity contribution in [2.75, 3.05) is 12.4 Å². The molecule has 2 rings (SSSR count). The van der Waals surface area contributed by atoms with Gasteiger partial charge >= 0.3 is 0 Å². The van der Waals surface area contributed by atoms with E-state index in [9.17, 15) is 0 Å². The molecule has 5 heteroatoms. The standard InChI is InChI=1S/C10H13N5/c1-7-13-8(6-9(11-2)14-7)10-12-4-5-15(10)3/h4-6H,1-3H3,(H,11,13,14). The zero-order chi connectivity index (χ0) is 10.8. The molecule has 0 aliphatic heterocycles. The molecule has 0 saturated heterocycles. The highest BCUT2D eigenvalue weighted by molar-refractivity contribution is 5.55. The van der Waals surface area contributed by atoms with Crippen LogP contribution in [0.25, 0.3) is 11.5 Å². The van der Waals surface area contributed by atoms with Gasteiger partial charge in [-0.15, -0.1) is 0 Å². The Labute approximate surface area is 88.2 Å². The lowest BCUT2D eigenvalue weighted by atomic mass is 10.3. The lowest BCUT2D eigenvalue weighted by Crippen LogP contribution is -2.00. The first-order valence-corrected chi connectivity index (χ1v) is 4.72. The molecule has 0 bridgehead atoms. The number of aromatic nitrogens is 4. The fraction of sp³-hybridized carbons (Fsp3) is 0.300. The van der Waals surface area contributed by atoms with Crippen LogP contribution in [0.4, 0.5) is 5.82 Å². The van der Waals surface area contributed by atoms with Gasteiger partial charge in [-0.2, -0.15) is 0 Å². The summed E-state index contributed by atoms with van der Waals surface area (Å²) >= 11 is 0. The summed E-state index contributed by atoms with van der Waals surface area (Å²) in [5.74, 6) is 2.39. The van der Waals surface area contributed by atoms with Crippen LogP contribution in [0.2, 0.25) is 0 Å². The average molecular weight is 203 g/mol. The monoisotopic (exact) mass is 203 g/mol. The van der Waals surface area contributed by atoms with Gasteiger partial charge in [-0.25, -0.2) is 15.0 Å².